The Morgan fingerprint density at radius 2 is 0.853 bits per heavy atom. The molecule has 362 valence electrons. The molecule has 0 atom stereocenters. The number of rotatable bonds is 8. The number of benzene rings is 11. The molecule has 1 aromatic heterocycles. The smallest absolute Gasteiger partial charge is 0.137 e. The molecule has 1 aliphatic carbocycles. The summed E-state index contributed by atoms with van der Waals surface area (Å²) in [5.41, 5.74) is 21.6. The highest BCUT2D eigenvalue weighted by Crippen LogP contribution is 2.59. The summed E-state index contributed by atoms with van der Waals surface area (Å²) < 4.78 is 6.71. The molecule has 2 nitrogen and oxygen atoms in total. The third-order valence-electron chi connectivity index (χ3n) is 15.9. The zero-order valence-electron chi connectivity index (χ0n) is 43.5. The van der Waals surface area contributed by atoms with Crippen molar-refractivity contribution in [1.29, 1.82) is 0 Å². The maximum atomic E-state index is 6.71. The summed E-state index contributed by atoms with van der Waals surface area (Å²) >= 11 is 0. The number of furan rings is 1. The van der Waals surface area contributed by atoms with Gasteiger partial charge in [-0.1, -0.05) is 254 Å². The minimum Gasteiger partial charge on any atom is -0.456 e. The zero-order valence-corrected chi connectivity index (χ0v) is 43.5. The summed E-state index contributed by atoms with van der Waals surface area (Å²) in [5.74, 6) is 0. The Morgan fingerprint density at radius 1 is 0.360 bits per heavy atom. The molecule has 13 rings (SSSR count). The van der Waals surface area contributed by atoms with Crippen LogP contribution in [-0.2, 0) is 16.2 Å². The number of anilines is 3. The van der Waals surface area contributed by atoms with E-state index in [9.17, 15) is 0 Å². The number of hydrogen-bond acceptors (Lipinski definition) is 2. The molecule has 1 heterocycles. The van der Waals surface area contributed by atoms with Gasteiger partial charge in [0.05, 0.1) is 16.8 Å². The van der Waals surface area contributed by atoms with E-state index in [1.807, 2.05) is 6.07 Å². The van der Waals surface area contributed by atoms with E-state index in [1.165, 1.54) is 77.5 Å². The van der Waals surface area contributed by atoms with E-state index in [0.717, 1.165) is 50.1 Å². The number of nitrogens with zero attached hydrogens (tertiary/aromatic N) is 1. The Morgan fingerprint density at radius 3 is 1.51 bits per heavy atom. The van der Waals surface area contributed by atoms with Crippen molar-refractivity contribution in [3.63, 3.8) is 0 Å². The van der Waals surface area contributed by atoms with Gasteiger partial charge in [-0.25, -0.2) is 0 Å². The van der Waals surface area contributed by atoms with Gasteiger partial charge in [0.1, 0.15) is 11.2 Å². The highest BCUT2D eigenvalue weighted by Gasteiger charge is 2.47. The predicted molar refractivity (Wildman–Crippen MR) is 317 cm³/mol. The number of para-hydroxylation sites is 3. The lowest BCUT2D eigenvalue weighted by molar-refractivity contribution is 0.569. The van der Waals surface area contributed by atoms with Crippen LogP contribution in [-0.4, -0.2) is 0 Å². The fraction of sp³-hybridized carbons (Fsp3) is 0.123. The fourth-order valence-corrected chi connectivity index (χ4v) is 12.2. The molecular formula is C73H59NO. The van der Waals surface area contributed by atoms with E-state index >= 15 is 0 Å². The molecule has 0 unspecified atom stereocenters. The second-order valence-corrected chi connectivity index (χ2v) is 22.4. The van der Waals surface area contributed by atoms with Crippen molar-refractivity contribution >= 4 is 49.8 Å². The van der Waals surface area contributed by atoms with E-state index < -0.39 is 5.41 Å². The van der Waals surface area contributed by atoms with Gasteiger partial charge in [0.25, 0.3) is 0 Å². The maximum absolute atomic E-state index is 6.71. The van der Waals surface area contributed by atoms with Crippen LogP contribution in [0.1, 0.15) is 74.9 Å². The van der Waals surface area contributed by atoms with Crippen LogP contribution in [0.5, 0.6) is 0 Å². The molecule has 0 amide bonds. The lowest BCUT2D eigenvalue weighted by Gasteiger charge is -2.34. The first-order chi connectivity index (χ1) is 36.5. The van der Waals surface area contributed by atoms with Crippen molar-refractivity contribution in [2.24, 2.45) is 0 Å². The van der Waals surface area contributed by atoms with Crippen LogP contribution in [0.3, 0.4) is 0 Å². The summed E-state index contributed by atoms with van der Waals surface area (Å²) in [4.78, 5) is 2.48. The predicted octanol–water partition coefficient (Wildman–Crippen LogP) is 20.2. The topological polar surface area (TPSA) is 16.4 Å². The van der Waals surface area contributed by atoms with E-state index in [-0.39, 0.29) is 10.8 Å². The third kappa shape index (κ3) is 7.53. The zero-order chi connectivity index (χ0) is 51.1. The van der Waals surface area contributed by atoms with Crippen molar-refractivity contribution in [2.75, 3.05) is 4.90 Å². The van der Waals surface area contributed by atoms with E-state index in [4.69, 9.17) is 4.42 Å². The quantitative estimate of drug-likeness (QED) is 0.151. The van der Waals surface area contributed by atoms with Crippen molar-refractivity contribution in [3.05, 3.63) is 282 Å². The molecule has 11 aromatic carbocycles. The molecule has 2 heteroatoms. The summed E-state index contributed by atoms with van der Waals surface area (Å²) in [6.07, 6.45) is 0. The first-order valence-electron chi connectivity index (χ1n) is 26.4. The SMILES string of the molecule is CC(C)(C)c1cc(-c2cccc3cccc(-c4ccccc4N(c4ccc5c(c4)oc4ccccc45)c4ccccc4-c4cccc5c4-c4ccccc4C5(c4ccccc4)c4ccccc4)c23)cc(C(C)(C)C)c1. The Kier molecular flexibility index (Phi) is 10.9. The van der Waals surface area contributed by atoms with Gasteiger partial charge in [-0.3, -0.25) is 0 Å². The Balaban J connectivity index is 1.08. The lowest BCUT2D eigenvalue weighted by atomic mass is 9.67. The monoisotopic (exact) mass is 965 g/mol. The fourth-order valence-electron chi connectivity index (χ4n) is 12.2. The van der Waals surface area contributed by atoms with E-state index in [2.05, 4.69) is 289 Å². The summed E-state index contributed by atoms with van der Waals surface area (Å²) in [6.45, 7) is 13.9. The van der Waals surface area contributed by atoms with Crippen LogP contribution < -0.4 is 4.90 Å². The summed E-state index contributed by atoms with van der Waals surface area (Å²) in [7, 11) is 0. The van der Waals surface area contributed by atoms with Gasteiger partial charge in [0.2, 0.25) is 0 Å². The van der Waals surface area contributed by atoms with Crippen molar-refractivity contribution in [3.8, 4) is 44.5 Å². The van der Waals surface area contributed by atoms with Gasteiger partial charge >= 0.3 is 0 Å². The van der Waals surface area contributed by atoms with Gasteiger partial charge in [0, 0.05) is 33.7 Å². The lowest BCUT2D eigenvalue weighted by Crippen LogP contribution is -2.28. The Labute approximate surface area is 441 Å². The minimum absolute atomic E-state index is 0.0314. The maximum Gasteiger partial charge on any atom is 0.137 e. The van der Waals surface area contributed by atoms with Gasteiger partial charge in [-0.15, -0.1) is 0 Å². The largest absolute Gasteiger partial charge is 0.456 e. The number of hydrogen-bond donors (Lipinski definition) is 0. The average Bonchev–Trinajstić information content (AvgIpc) is 4.00. The first kappa shape index (κ1) is 46.1. The molecule has 0 fully saturated rings. The molecule has 1 aliphatic rings. The normalized spacial score (nSPS) is 13.0. The number of fused-ring (bicyclic) bond motifs is 7. The Hall–Kier alpha value is -8.72. The molecule has 12 aromatic rings. The molecule has 0 N–H and O–H groups in total. The highest BCUT2D eigenvalue weighted by molar-refractivity contribution is 6.11. The van der Waals surface area contributed by atoms with Crippen LogP contribution in [0.15, 0.2) is 253 Å². The molecule has 0 aliphatic heterocycles. The third-order valence-corrected chi connectivity index (χ3v) is 15.9. The molecule has 0 saturated carbocycles. The van der Waals surface area contributed by atoms with Crippen molar-refractivity contribution in [1.82, 2.24) is 0 Å². The van der Waals surface area contributed by atoms with Crippen molar-refractivity contribution < 1.29 is 4.42 Å². The van der Waals surface area contributed by atoms with Crippen LogP contribution in [0.4, 0.5) is 17.1 Å². The molecule has 75 heavy (non-hydrogen) atoms. The molecule has 0 spiro atoms. The highest BCUT2D eigenvalue weighted by atomic mass is 16.3. The van der Waals surface area contributed by atoms with Crippen molar-refractivity contribution in [2.45, 2.75) is 57.8 Å². The van der Waals surface area contributed by atoms with E-state index in [0.29, 0.717) is 0 Å². The van der Waals surface area contributed by atoms with Gasteiger partial charge in [0.15, 0.2) is 0 Å². The van der Waals surface area contributed by atoms with Gasteiger partial charge in [-0.05, 0) is 119 Å². The van der Waals surface area contributed by atoms with Crippen LogP contribution in [0, 0.1) is 0 Å². The average molecular weight is 966 g/mol. The second-order valence-electron chi connectivity index (χ2n) is 22.4. The summed E-state index contributed by atoms with van der Waals surface area (Å²) in [6, 6.07) is 92.2. The summed E-state index contributed by atoms with van der Waals surface area (Å²) in [5, 5.41) is 4.64. The molecule has 0 radical (unpaired) electrons. The van der Waals surface area contributed by atoms with E-state index in [1.54, 1.807) is 0 Å². The molecule has 0 saturated heterocycles. The van der Waals surface area contributed by atoms with Gasteiger partial charge < -0.3 is 9.32 Å². The Bertz CT molecular complexity index is 4070. The second kappa shape index (κ2) is 17.7. The minimum atomic E-state index is -0.538. The first-order valence-corrected chi connectivity index (χ1v) is 26.4. The van der Waals surface area contributed by atoms with Crippen LogP contribution in [0.2, 0.25) is 0 Å². The van der Waals surface area contributed by atoms with Crippen LogP contribution >= 0.6 is 0 Å². The molecule has 0 bridgehead atoms. The van der Waals surface area contributed by atoms with Gasteiger partial charge in [-0.2, -0.15) is 0 Å². The standard InChI is InChI=1S/C73H59NO/c1-71(2,3)52-44-49(45-53(46-52)72(4,5)6)55-34-21-24-48-25-22-35-60(69(48)55)56-30-14-18-39-65(56)74(54-42-43-59-58-32-16-20-41-67(58)75-68(59)47-54)66-40-19-15-31-57(66)61-36-23-38-64-70(61)62-33-13-17-37-63(62)73(64,50-26-9-7-10-27-50)51-28-11-8-12-29-51/h7-47H,1-6H3. The molecular weight excluding hydrogens is 907 g/mol. The van der Waals surface area contributed by atoms with Crippen LogP contribution in [0.25, 0.3) is 77.2 Å².